The lowest BCUT2D eigenvalue weighted by Crippen LogP contribution is -2.45. The topological polar surface area (TPSA) is 61.8 Å². The molecule has 16 heavy (non-hydrogen) atoms. The van der Waals surface area contributed by atoms with E-state index in [1.165, 1.54) is 0 Å². The van der Waals surface area contributed by atoms with Gasteiger partial charge in [0, 0.05) is 59.7 Å². The van der Waals surface area contributed by atoms with Gasteiger partial charge in [-0.25, -0.2) is 0 Å². The molecular formula is C11H22N2O3. The molecule has 0 bridgehead atoms. The minimum Gasteiger partial charge on any atom is -0.388 e. The Morgan fingerprint density at radius 2 is 2.06 bits per heavy atom. The summed E-state index contributed by atoms with van der Waals surface area (Å²) in [7, 11) is 3.49. The van der Waals surface area contributed by atoms with Gasteiger partial charge in [0.05, 0.1) is 5.60 Å². The van der Waals surface area contributed by atoms with Crippen molar-refractivity contribution in [3.63, 3.8) is 0 Å². The Labute approximate surface area is 96.8 Å². The Morgan fingerprint density at radius 3 is 2.62 bits per heavy atom. The second-order valence-electron chi connectivity index (χ2n) is 4.55. The van der Waals surface area contributed by atoms with Crippen LogP contribution in [0.2, 0.25) is 0 Å². The van der Waals surface area contributed by atoms with Crippen LogP contribution >= 0.6 is 0 Å². The Kier molecular flexibility index (Phi) is 5.18. The van der Waals surface area contributed by atoms with Gasteiger partial charge in [0.25, 0.3) is 0 Å². The van der Waals surface area contributed by atoms with Crippen LogP contribution in [0.3, 0.4) is 0 Å². The van der Waals surface area contributed by atoms with Crippen LogP contribution in [-0.2, 0) is 9.53 Å². The van der Waals surface area contributed by atoms with Crippen LogP contribution in [0.5, 0.6) is 0 Å². The summed E-state index contributed by atoms with van der Waals surface area (Å²) in [5, 5.41) is 13.2. The van der Waals surface area contributed by atoms with E-state index in [0.717, 1.165) is 0 Å². The van der Waals surface area contributed by atoms with Crippen molar-refractivity contribution < 1.29 is 14.6 Å². The third-order valence-corrected chi connectivity index (χ3v) is 2.89. The number of carbonyl (C=O) groups excluding carboxylic acids is 1. The molecule has 1 heterocycles. The molecule has 0 aromatic heterocycles. The second kappa shape index (κ2) is 6.18. The number of aliphatic hydroxyl groups is 1. The minimum absolute atomic E-state index is 0.103. The highest BCUT2D eigenvalue weighted by Crippen LogP contribution is 2.18. The third-order valence-electron chi connectivity index (χ3n) is 2.89. The van der Waals surface area contributed by atoms with E-state index >= 15 is 0 Å². The predicted octanol–water partition coefficient (Wildman–Crippen LogP) is -0.404. The molecule has 5 heteroatoms. The molecule has 5 nitrogen and oxygen atoms in total. The summed E-state index contributed by atoms with van der Waals surface area (Å²) in [4.78, 5) is 12.9. The Morgan fingerprint density at radius 1 is 1.44 bits per heavy atom. The molecule has 0 spiro atoms. The molecular weight excluding hydrogens is 208 g/mol. The molecule has 1 saturated heterocycles. The van der Waals surface area contributed by atoms with Crippen molar-refractivity contribution in [1.29, 1.82) is 0 Å². The van der Waals surface area contributed by atoms with Crippen molar-refractivity contribution in [2.24, 2.45) is 0 Å². The molecule has 1 rings (SSSR count). The lowest BCUT2D eigenvalue weighted by Gasteiger charge is -2.32. The lowest BCUT2D eigenvalue weighted by molar-refractivity contribution is -0.128. The average Bonchev–Trinajstić information content (AvgIpc) is 2.25. The largest absolute Gasteiger partial charge is 0.388 e. The average molecular weight is 230 g/mol. The fourth-order valence-corrected chi connectivity index (χ4v) is 1.67. The maximum Gasteiger partial charge on any atom is 0.223 e. The second-order valence-corrected chi connectivity index (χ2v) is 4.55. The van der Waals surface area contributed by atoms with E-state index in [1.807, 2.05) is 0 Å². The molecule has 1 amide bonds. The van der Waals surface area contributed by atoms with E-state index in [2.05, 4.69) is 5.32 Å². The monoisotopic (exact) mass is 230 g/mol. The van der Waals surface area contributed by atoms with Crippen LogP contribution in [0.15, 0.2) is 0 Å². The Bertz CT molecular complexity index is 225. The van der Waals surface area contributed by atoms with Gasteiger partial charge in [-0.2, -0.15) is 0 Å². The molecule has 0 atom stereocenters. The van der Waals surface area contributed by atoms with Gasteiger partial charge in [0.2, 0.25) is 5.91 Å². The number of rotatable bonds is 5. The number of ether oxygens (including phenoxy) is 1. The zero-order valence-electron chi connectivity index (χ0n) is 10.2. The number of carbonyl (C=O) groups is 1. The molecule has 0 aromatic rings. The number of nitrogens with zero attached hydrogens (tertiary/aromatic N) is 1. The summed E-state index contributed by atoms with van der Waals surface area (Å²) in [6.07, 6.45) is 1.81. The van der Waals surface area contributed by atoms with Crippen molar-refractivity contribution in [1.82, 2.24) is 10.2 Å². The van der Waals surface area contributed by atoms with Crippen molar-refractivity contribution in [2.45, 2.75) is 24.9 Å². The van der Waals surface area contributed by atoms with Gasteiger partial charge < -0.3 is 20.1 Å². The van der Waals surface area contributed by atoms with Crippen LogP contribution in [0.4, 0.5) is 0 Å². The SMILES string of the molecule is CN(C)C(=O)CCNCC1(O)CCOCC1. The van der Waals surface area contributed by atoms with E-state index in [-0.39, 0.29) is 5.91 Å². The van der Waals surface area contributed by atoms with Gasteiger partial charge in [0.1, 0.15) is 0 Å². The molecule has 1 fully saturated rings. The summed E-state index contributed by atoms with van der Waals surface area (Å²) in [5.41, 5.74) is -0.653. The van der Waals surface area contributed by atoms with Gasteiger partial charge in [-0.3, -0.25) is 4.79 Å². The number of hydrogen-bond acceptors (Lipinski definition) is 4. The number of amides is 1. The first-order chi connectivity index (χ1) is 7.53. The smallest absolute Gasteiger partial charge is 0.223 e. The first-order valence-corrected chi connectivity index (χ1v) is 5.74. The molecule has 0 aliphatic carbocycles. The number of hydrogen-bond donors (Lipinski definition) is 2. The molecule has 0 aromatic carbocycles. The molecule has 1 aliphatic rings. The van der Waals surface area contributed by atoms with E-state index in [1.54, 1.807) is 19.0 Å². The lowest BCUT2D eigenvalue weighted by atomic mass is 9.94. The zero-order valence-corrected chi connectivity index (χ0v) is 10.2. The van der Waals surface area contributed by atoms with Crippen molar-refractivity contribution in [3.05, 3.63) is 0 Å². The van der Waals surface area contributed by atoms with Gasteiger partial charge in [-0.1, -0.05) is 0 Å². The summed E-state index contributed by atoms with van der Waals surface area (Å²) in [6, 6.07) is 0. The van der Waals surface area contributed by atoms with Crippen LogP contribution in [0, 0.1) is 0 Å². The highest BCUT2D eigenvalue weighted by Gasteiger charge is 2.28. The first-order valence-electron chi connectivity index (χ1n) is 5.74. The molecule has 0 unspecified atom stereocenters. The van der Waals surface area contributed by atoms with Crippen molar-refractivity contribution >= 4 is 5.91 Å². The van der Waals surface area contributed by atoms with Gasteiger partial charge >= 0.3 is 0 Å². The molecule has 94 valence electrons. The predicted molar refractivity (Wildman–Crippen MR) is 61.2 cm³/mol. The molecule has 0 radical (unpaired) electrons. The molecule has 2 N–H and O–H groups in total. The summed E-state index contributed by atoms with van der Waals surface area (Å²) in [6.45, 7) is 2.39. The van der Waals surface area contributed by atoms with Crippen molar-refractivity contribution in [2.75, 3.05) is 40.4 Å². The third kappa shape index (κ3) is 4.47. The summed E-state index contributed by atoms with van der Waals surface area (Å²) < 4.78 is 5.19. The zero-order chi connectivity index (χ0) is 12.0. The van der Waals surface area contributed by atoms with Gasteiger partial charge in [-0.05, 0) is 0 Å². The quantitative estimate of drug-likeness (QED) is 0.631. The molecule has 0 saturated carbocycles. The van der Waals surface area contributed by atoms with Crippen molar-refractivity contribution in [3.8, 4) is 0 Å². The van der Waals surface area contributed by atoms with E-state index in [0.29, 0.717) is 45.6 Å². The van der Waals surface area contributed by atoms with Gasteiger partial charge in [-0.15, -0.1) is 0 Å². The fraction of sp³-hybridized carbons (Fsp3) is 0.909. The van der Waals surface area contributed by atoms with Crippen LogP contribution in [0.1, 0.15) is 19.3 Å². The normalized spacial score (nSPS) is 19.4. The summed E-state index contributed by atoms with van der Waals surface area (Å²) >= 11 is 0. The standard InChI is InChI=1S/C11H22N2O3/c1-13(2)10(14)3-6-12-9-11(15)4-7-16-8-5-11/h12,15H,3-9H2,1-2H3. The van der Waals surface area contributed by atoms with E-state index in [4.69, 9.17) is 4.74 Å². The fourth-order valence-electron chi connectivity index (χ4n) is 1.67. The van der Waals surface area contributed by atoms with Crippen LogP contribution in [-0.4, -0.2) is 61.9 Å². The highest BCUT2D eigenvalue weighted by molar-refractivity contribution is 5.75. The first kappa shape index (κ1) is 13.4. The minimum atomic E-state index is -0.653. The van der Waals surface area contributed by atoms with E-state index in [9.17, 15) is 9.90 Å². The maximum absolute atomic E-state index is 11.3. The highest BCUT2D eigenvalue weighted by atomic mass is 16.5. The Hall–Kier alpha value is -0.650. The van der Waals surface area contributed by atoms with Gasteiger partial charge in [0.15, 0.2) is 0 Å². The molecule has 1 aliphatic heterocycles. The van der Waals surface area contributed by atoms with E-state index < -0.39 is 5.60 Å². The van der Waals surface area contributed by atoms with Crippen LogP contribution < -0.4 is 5.32 Å². The Balaban J connectivity index is 2.12. The van der Waals surface area contributed by atoms with Crippen LogP contribution in [0.25, 0.3) is 0 Å². The summed E-state index contributed by atoms with van der Waals surface area (Å²) in [5.74, 6) is 0.103. The number of nitrogens with one attached hydrogen (secondary N) is 1. The maximum atomic E-state index is 11.3.